The predicted molar refractivity (Wildman–Crippen MR) is 111 cm³/mol. The first-order valence-corrected chi connectivity index (χ1v) is 14.0. The fourth-order valence-corrected chi connectivity index (χ4v) is 15.3. The molecule has 0 spiro atoms. The lowest BCUT2D eigenvalue weighted by Crippen LogP contribution is -2.14. The molecule has 3 aliphatic rings. The Kier molecular flexibility index (Phi) is 5.76. The fourth-order valence-electron chi connectivity index (χ4n) is 5.72. The maximum Gasteiger partial charge on any atom is 0.0831 e. The molecule has 130 valence electrons. The van der Waals surface area contributed by atoms with Gasteiger partial charge in [-0.25, -0.2) is 0 Å². The highest BCUT2D eigenvalue weighted by molar-refractivity contribution is 7.81. The molecule has 1 unspecified atom stereocenters. The standard InChI is InChI=1S/C21H37P2/c1-6-17-13-14-18(7-2)22(17)20-10-9-11-21(20)23(5)16(4)12-15-19(23)8-3/h9-10,16-19H,6-8,11-15H2,1-5H3/q+1/t16-,17-,18-,19-,23?/m1/s1. The molecule has 3 rings (SSSR count). The van der Waals surface area contributed by atoms with E-state index in [2.05, 4.69) is 46.5 Å². The summed E-state index contributed by atoms with van der Waals surface area (Å²) in [5, 5.41) is 3.92. The summed E-state index contributed by atoms with van der Waals surface area (Å²) in [5.41, 5.74) is 4.05. The van der Waals surface area contributed by atoms with E-state index in [9.17, 15) is 0 Å². The number of hydrogen-bond acceptors (Lipinski definition) is 0. The van der Waals surface area contributed by atoms with Crippen molar-refractivity contribution >= 4 is 15.2 Å². The van der Waals surface area contributed by atoms with Crippen molar-refractivity contribution in [2.75, 3.05) is 6.66 Å². The normalized spacial score (nSPS) is 41.4. The van der Waals surface area contributed by atoms with Crippen LogP contribution in [-0.4, -0.2) is 29.3 Å². The average molecular weight is 351 g/mol. The van der Waals surface area contributed by atoms with Crippen LogP contribution in [0.1, 0.15) is 79.1 Å². The third-order valence-corrected chi connectivity index (χ3v) is 17.2. The monoisotopic (exact) mass is 351 g/mol. The van der Waals surface area contributed by atoms with Crippen molar-refractivity contribution in [2.24, 2.45) is 0 Å². The zero-order valence-corrected chi connectivity index (χ0v) is 17.8. The van der Waals surface area contributed by atoms with Crippen LogP contribution in [0.25, 0.3) is 0 Å². The highest BCUT2D eigenvalue weighted by Gasteiger charge is 2.55. The third-order valence-electron chi connectivity index (χ3n) is 7.37. The van der Waals surface area contributed by atoms with Gasteiger partial charge in [0.25, 0.3) is 0 Å². The van der Waals surface area contributed by atoms with E-state index in [-0.39, 0.29) is 7.92 Å². The van der Waals surface area contributed by atoms with Crippen LogP contribution in [0.2, 0.25) is 0 Å². The van der Waals surface area contributed by atoms with Gasteiger partial charge in [0.05, 0.1) is 23.3 Å². The average Bonchev–Trinajstić information content (AvgIpc) is 3.25. The van der Waals surface area contributed by atoms with Gasteiger partial charge in [0.2, 0.25) is 0 Å². The Morgan fingerprint density at radius 1 is 1.00 bits per heavy atom. The van der Waals surface area contributed by atoms with Gasteiger partial charge < -0.3 is 0 Å². The van der Waals surface area contributed by atoms with Crippen LogP contribution >= 0.6 is 15.2 Å². The Bertz CT molecular complexity index is 480. The molecule has 1 aliphatic carbocycles. The third kappa shape index (κ3) is 2.91. The molecule has 23 heavy (non-hydrogen) atoms. The molecule has 2 heterocycles. The second-order valence-electron chi connectivity index (χ2n) is 8.18. The highest BCUT2D eigenvalue weighted by Crippen LogP contribution is 2.81. The van der Waals surface area contributed by atoms with E-state index >= 15 is 0 Å². The number of rotatable bonds is 5. The molecule has 0 aromatic heterocycles. The minimum absolute atomic E-state index is 0.117. The second-order valence-corrected chi connectivity index (χ2v) is 15.4. The molecule has 0 saturated carbocycles. The van der Waals surface area contributed by atoms with Crippen molar-refractivity contribution < 1.29 is 0 Å². The Morgan fingerprint density at radius 2 is 1.65 bits per heavy atom. The van der Waals surface area contributed by atoms with Gasteiger partial charge in [-0.3, -0.25) is 0 Å². The van der Waals surface area contributed by atoms with E-state index in [1.54, 1.807) is 0 Å². The Morgan fingerprint density at radius 3 is 2.22 bits per heavy atom. The summed E-state index contributed by atoms with van der Waals surface area (Å²) in [6, 6.07) is 0. The van der Waals surface area contributed by atoms with Gasteiger partial charge in [-0.2, -0.15) is 0 Å². The summed E-state index contributed by atoms with van der Waals surface area (Å²) >= 11 is 0. The molecule has 2 saturated heterocycles. The lowest BCUT2D eigenvalue weighted by Gasteiger charge is -2.33. The Labute approximate surface area is 146 Å². The molecule has 5 atom stereocenters. The molecule has 0 nitrogen and oxygen atoms in total. The maximum atomic E-state index is 2.74. The molecule has 2 heteroatoms. The van der Waals surface area contributed by atoms with Crippen LogP contribution in [0.3, 0.4) is 0 Å². The van der Waals surface area contributed by atoms with Gasteiger partial charge in [-0.15, -0.1) is 0 Å². The minimum Gasteiger partial charge on any atom is -0.0760 e. The van der Waals surface area contributed by atoms with Crippen molar-refractivity contribution in [1.29, 1.82) is 0 Å². The molecule has 0 bridgehead atoms. The molecule has 0 N–H and O–H groups in total. The zero-order chi connectivity index (χ0) is 16.6. The molecular formula is C21H37P2+. The van der Waals surface area contributed by atoms with E-state index in [1.807, 2.05) is 10.6 Å². The van der Waals surface area contributed by atoms with Crippen LogP contribution in [0.15, 0.2) is 22.8 Å². The molecule has 2 fully saturated rings. The molecule has 0 radical (unpaired) electrons. The smallest absolute Gasteiger partial charge is 0.0760 e. The first-order valence-electron chi connectivity index (χ1n) is 10.1. The van der Waals surface area contributed by atoms with Crippen LogP contribution in [0, 0.1) is 0 Å². The molecule has 0 aromatic carbocycles. The SMILES string of the molecule is CC[C@@H]1CC[C@@H](CC)P1C1=C([P+]2(C)[C@H](CC)CC[C@H]2C)CC=C1. The number of hydrogen-bond donors (Lipinski definition) is 0. The van der Waals surface area contributed by atoms with Crippen LogP contribution < -0.4 is 0 Å². The van der Waals surface area contributed by atoms with Gasteiger partial charge in [0.1, 0.15) is 0 Å². The van der Waals surface area contributed by atoms with Crippen molar-refractivity contribution in [1.82, 2.24) is 0 Å². The van der Waals surface area contributed by atoms with E-state index in [0.717, 1.165) is 22.6 Å². The lowest BCUT2D eigenvalue weighted by molar-refractivity contribution is 0.696. The topological polar surface area (TPSA) is 0 Å². The summed E-state index contributed by atoms with van der Waals surface area (Å²) in [7, 11) is -0.801. The van der Waals surface area contributed by atoms with E-state index in [4.69, 9.17) is 0 Å². The van der Waals surface area contributed by atoms with Crippen molar-refractivity contribution in [3.05, 3.63) is 22.8 Å². The lowest BCUT2D eigenvalue weighted by atomic mass is 10.1. The Hall–Kier alpha value is 0.340. The maximum absolute atomic E-state index is 2.74. The Balaban J connectivity index is 2.01. The zero-order valence-electron chi connectivity index (χ0n) is 16.0. The van der Waals surface area contributed by atoms with Gasteiger partial charge >= 0.3 is 0 Å². The molecule has 0 amide bonds. The van der Waals surface area contributed by atoms with Crippen LogP contribution in [0.5, 0.6) is 0 Å². The predicted octanol–water partition coefficient (Wildman–Crippen LogP) is 7.60. The molecule has 0 aromatic rings. The quantitative estimate of drug-likeness (QED) is 0.447. The van der Waals surface area contributed by atoms with Crippen LogP contribution in [0.4, 0.5) is 0 Å². The first-order chi connectivity index (χ1) is 11.1. The summed E-state index contributed by atoms with van der Waals surface area (Å²) in [6.45, 7) is 12.7. The van der Waals surface area contributed by atoms with Gasteiger partial charge in [0.15, 0.2) is 0 Å². The fraction of sp³-hybridized carbons (Fsp3) is 0.810. The largest absolute Gasteiger partial charge is 0.0831 e. The summed E-state index contributed by atoms with van der Waals surface area (Å²) in [5.74, 6) is 0. The van der Waals surface area contributed by atoms with Gasteiger partial charge in [-0.05, 0) is 63.2 Å². The van der Waals surface area contributed by atoms with Crippen molar-refractivity contribution in [2.45, 2.75) is 102 Å². The summed E-state index contributed by atoms with van der Waals surface area (Å²) in [4.78, 5) is 0. The van der Waals surface area contributed by atoms with Gasteiger partial charge in [0, 0.05) is 19.0 Å². The highest BCUT2D eigenvalue weighted by atomic mass is 31.2. The summed E-state index contributed by atoms with van der Waals surface area (Å²) < 4.78 is 0. The van der Waals surface area contributed by atoms with Gasteiger partial charge in [-0.1, -0.05) is 40.8 Å². The van der Waals surface area contributed by atoms with E-state index in [1.165, 1.54) is 51.4 Å². The van der Waals surface area contributed by atoms with Crippen molar-refractivity contribution in [3.63, 3.8) is 0 Å². The first kappa shape index (κ1) is 18.1. The summed E-state index contributed by atoms with van der Waals surface area (Å²) in [6.07, 6.45) is 16.7. The van der Waals surface area contributed by atoms with Crippen molar-refractivity contribution in [3.8, 4) is 0 Å². The minimum atomic E-state index is -0.918. The molecular weight excluding hydrogens is 314 g/mol. The molecule has 2 aliphatic heterocycles. The van der Waals surface area contributed by atoms with Crippen LogP contribution in [-0.2, 0) is 0 Å². The van der Waals surface area contributed by atoms with E-state index < -0.39 is 7.26 Å². The van der Waals surface area contributed by atoms with E-state index in [0.29, 0.717) is 0 Å². The number of allylic oxidation sites excluding steroid dienone is 4. The second kappa shape index (κ2) is 7.30.